The summed E-state index contributed by atoms with van der Waals surface area (Å²) in [7, 11) is 0. The SMILES string of the molecule is CC(=O)c1cccc(NC(=O)CSC2=C(C#N)C(c3ccccc3C(F)(F)F)C3=C(CCCC3=O)N2)c1. The number of carbonyl (C=O) groups excluding carboxylic acids is 3. The zero-order valence-corrected chi connectivity index (χ0v) is 20.6. The monoisotopic (exact) mass is 525 g/mol. The largest absolute Gasteiger partial charge is 0.416 e. The number of amides is 1. The van der Waals surface area contributed by atoms with Gasteiger partial charge in [0.2, 0.25) is 5.91 Å². The van der Waals surface area contributed by atoms with Gasteiger partial charge in [0.05, 0.1) is 33.9 Å². The third-order valence-electron chi connectivity index (χ3n) is 6.14. The number of rotatable bonds is 6. The molecule has 2 aromatic rings. The van der Waals surface area contributed by atoms with Gasteiger partial charge >= 0.3 is 6.18 Å². The summed E-state index contributed by atoms with van der Waals surface area (Å²) in [5, 5.41) is 16.0. The number of Topliss-reactive ketones (excluding diaryl/α,β-unsaturated/α-hetero) is 2. The number of anilines is 1. The fourth-order valence-corrected chi connectivity index (χ4v) is 5.37. The number of allylic oxidation sites excluding steroid dienone is 3. The van der Waals surface area contributed by atoms with E-state index in [1.807, 2.05) is 6.07 Å². The van der Waals surface area contributed by atoms with E-state index in [0.29, 0.717) is 29.8 Å². The maximum atomic E-state index is 13.9. The molecule has 10 heteroatoms. The molecule has 2 aliphatic rings. The first-order valence-electron chi connectivity index (χ1n) is 11.5. The molecule has 37 heavy (non-hydrogen) atoms. The molecule has 0 radical (unpaired) electrons. The topological polar surface area (TPSA) is 99.1 Å². The van der Waals surface area contributed by atoms with Crippen LogP contribution in [0, 0.1) is 11.3 Å². The van der Waals surface area contributed by atoms with E-state index in [0.717, 1.165) is 17.8 Å². The Bertz CT molecular complexity index is 1390. The molecule has 1 atom stereocenters. The molecule has 1 aliphatic carbocycles. The summed E-state index contributed by atoms with van der Waals surface area (Å²) in [6.07, 6.45) is -3.51. The highest BCUT2D eigenvalue weighted by Crippen LogP contribution is 2.47. The Morgan fingerprint density at radius 3 is 2.62 bits per heavy atom. The minimum absolute atomic E-state index is 0.0397. The molecule has 6 nitrogen and oxygen atoms in total. The Balaban J connectivity index is 1.67. The van der Waals surface area contributed by atoms with Crippen LogP contribution in [0.3, 0.4) is 0 Å². The van der Waals surface area contributed by atoms with Gasteiger partial charge in [-0.25, -0.2) is 0 Å². The molecule has 1 amide bonds. The molecule has 0 bridgehead atoms. The summed E-state index contributed by atoms with van der Waals surface area (Å²) < 4.78 is 41.7. The number of hydrogen-bond acceptors (Lipinski definition) is 6. The predicted octanol–water partition coefficient (Wildman–Crippen LogP) is 5.71. The van der Waals surface area contributed by atoms with Crippen molar-refractivity contribution in [1.82, 2.24) is 5.32 Å². The van der Waals surface area contributed by atoms with Crippen LogP contribution in [0.1, 0.15) is 53.6 Å². The van der Waals surface area contributed by atoms with E-state index in [1.54, 1.807) is 24.3 Å². The van der Waals surface area contributed by atoms with Crippen molar-refractivity contribution in [2.75, 3.05) is 11.1 Å². The molecule has 1 aliphatic heterocycles. The maximum Gasteiger partial charge on any atom is 0.416 e. The second-order valence-corrected chi connectivity index (χ2v) is 9.63. The summed E-state index contributed by atoms with van der Waals surface area (Å²) in [6, 6.07) is 13.4. The number of hydrogen-bond donors (Lipinski definition) is 2. The van der Waals surface area contributed by atoms with E-state index in [1.165, 1.54) is 25.1 Å². The number of dihydropyridines is 1. The molecule has 0 aromatic heterocycles. The Hall–Kier alpha value is -3.84. The maximum absolute atomic E-state index is 13.9. The number of nitrogens with zero attached hydrogens (tertiary/aromatic N) is 1. The Morgan fingerprint density at radius 2 is 1.92 bits per heavy atom. The first kappa shape index (κ1) is 26.2. The van der Waals surface area contributed by atoms with Crippen molar-refractivity contribution in [3.63, 3.8) is 0 Å². The molecule has 2 N–H and O–H groups in total. The minimum atomic E-state index is -4.68. The van der Waals surface area contributed by atoms with Gasteiger partial charge in [-0.3, -0.25) is 14.4 Å². The number of nitriles is 1. The number of thioether (sulfide) groups is 1. The second-order valence-electron chi connectivity index (χ2n) is 8.64. The third-order valence-corrected chi connectivity index (χ3v) is 7.16. The van der Waals surface area contributed by atoms with Gasteiger partial charge in [-0.15, -0.1) is 0 Å². The third kappa shape index (κ3) is 5.62. The standard InChI is InChI=1S/C27H22F3N3O3S/c1-15(34)16-6-4-7-17(12-16)32-23(36)14-37-26-19(13-31)24(25-21(33-26)10-5-11-22(25)35)18-8-2-3-9-20(18)27(28,29)30/h2-4,6-9,12,24,33H,5,10-11,14H2,1H3,(H,32,36). The molecule has 0 saturated heterocycles. The van der Waals surface area contributed by atoms with Crippen LogP contribution in [-0.2, 0) is 15.8 Å². The van der Waals surface area contributed by atoms with Gasteiger partial charge in [0.25, 0.3) is 0 Å². The van der Waals surface area contributed by atoms with Crippen molar-refractivity contribution in [2.45, 2.75) is 38.3 Å². The highest BCUT2D eigenvalue weighted by Gasteiger charge is 2.42. The van der Waals surface area contributed by atoms with E-state index in [2.05, 4.69) is 10.6 Å². The zero-order valence-electron chi connectivity index (χ0n) is 19.7. The second kappa shape index (κ2) is 10.6. The van der Waals surface area contributed by atoms with Crippen LogP contribution in [-0.4, -0.2) is 23.2 Å². The molecule has 4 rings (SSSR count). The normalized spacial score (nSPS) is 17.6. The van der Waals surface area contributed by atoms with Gasteiger partial charge < -0.3 is 10.6 Å². The van der Waals surface area contributed by atoms with E-state index >= 15 is 0 Å². The molecule has 190 valence electrons. The average Bonchev–Trinajstić information content (AvgIpc) is 2.86. The van der Waals surface area contributed by atoms with Crippen molar-refractivity contribution >= 4 is 34.9 Å². The summed E-state index contributed by atoms with van der Waals surface area (Å²) in [6.45, 7) is 1.41. The van der Waals surface area contributed by atoms with Gasteiger partial charge in [0.1, 0.15) is 0 Å². The van der Waals surface area contributed by atoms with Gasteiger partial charge in [0, 0.05) is 28.9 Å². The number of halogens is 3. The predicted molar refractivity (Wildman–Crippen MR) is 133 cm³/mol. The molecule has 0 fully saturated rings. The fourth-order valence-electron chi connectivity index (χ4n) is 4.51. The van der Waals surface area contributed by atoms with E-state index < -0.39 is 23.6 Å². The van der Waals surface area contributed by atoms with E-state index in [4.69, 9.17) is 0 Å². The number of nitrogens with one attached hydrogen (secondary N) is 2. The Labute approximate surface area is 215 Å². The van der Waals surface area contributed by atoms with E-state index in [-0.39, 0.29) is 45.5 Å². The van der Waals surface area contributed by atoms with Crippen LogP contribution in [0.2, 0.25) is 0 Å². The van der Waals surface area contributed by atoms with Gasteiger partial charge in [-0.05, 0) is 43.5 Å². The summed E-state index contributed by atoms with van der Waals surface area (Å²) >= 11 is 0.977. The number of alkyl halides is 3. The van der Waals surface area contributed by atoms with Crippen LogP contribution in [0.4, 0.5) is 18.9 Å². The van der Waals surface area contributed by atoms with Gasteiger partial charge in [-0.2, -0.15) is 18.4 Å². The van der Waals surface area contributed by atoms with Crippen molar-refractivity contribution in [2.24, 2.45) is 0 Å². The van der Waals surface area contributed by atoms with Crippen LogP contribution >= 0.6 is 11.8 Å². The fraction of sp³-hybridized carbons (Fsp3) is 0.259. The lowest BCUT2D eigenvalue weighted by Gasteiger charge is -2.34. The first-order chi connectivity index (χ1) is 17.6. The number of ketones is 2. The van der Waals surface area contributed by atoms with Crippen LogP contribution in [0.5, 0.6) is 0 Å². The van der Waals surface area contributed by atoms with Gasteiger partial charge in [0.15, 0.2) is 11.6 Å². The van der Waals surface area contributed by atoms with Crippen molar-refractivity contribution in [1.29, 1.82) is 5.26 Å². The summed E-state index contributed by atoms with van der Waals surface area (Å²) in [5.74, 6) is -2.22. The lowest BCUT2D eigenvalue weighted by atomic mass is 9.75. The molecule has 0 saturated carbocycles. The highest BCUT2D eigenvalue weighted by molar-refractivity contribution is 8.03. The minimum Gasteiger partial charge on any atom is -0.352 e. The van der Waals surface area contributed by atoms with E-state index in [9.17, 15) is 32.8 Å². The zero-order chi connectivity index (χ0) is 26.7. The Kier molecular flexibility index (Phi) is 7.55. The van der Waals surface area contributed by atoms with Gasteiger partial charge in [-0.1, -0.05) is 42.1 Å². The van der Waals surface area contributed by atoms with Crippen molar-refractivity contribution in [3.05, 3.63) is 87.1 Å². The number of benzene rings is 2. The molecule has 1 unspecified atom stereocenters. The molecule has 1 heterocycles. The summed E-state index contributed by atoms with van der Waals surface area (Å²) in [4.78, 5) is 37.1. The average molecular weight is 526 g/mol. The smallest absolute Gasteiger partial charge is 0.352 e. The molecule has 2 aromatic carbocycles. The van der Waals surface area contributed by atoms with Crippen LogP contribution in [0.15, 0.2) is 70.4 Å². The lowest BCUT2D eigenvalue weighted by molar-refractivity contribution is -0.138. The highest BCUT2D eigenvalue weighted by atomic mass is 32.2. The van der Waals surface area contributed by atoms with Crippen LogP contribution in [0.25, 0.3) is 0 Å². The molecule has 0 spiro atoms. The lowest BCUT2D eigenvalue weighted by Crippen LogP contribution is -2.32. The Morgan fingerprint density at radius 1 is 1.16 bits per heavy atom. The molecular weight excluding hydrogens is 503 g/mol. The number of carbonyl (C=O) groups is 3. The quantitative estimate of drug-likeness (QED) is 0.469. The summed E-state index contributed by atoms with van der Waals surface area (Å²) in [5.41, 5.74) is 0.392. The van der Waals surface area contributed by atoms with Crippen molar-refractivity contribution in [3.8, 4) is 6.07 Å². The van der Waals surface area contributed by atoms with Crippen LogP contribution < -0.4 is 10.6 Å². The first-order valence-corrected chi connectivity index (χ1v) is 12.5. The molecular formula is C27H22F3N3O3S. The van der Waals surface area contributed by atoms with Crippen molar-refractivity contribution < 1.29 is 27.6 Å².